The van der Waals surface area contributed by atoms with Crippen molar-refractivity contribution in [1.82, 2.24) is 0 Å². The van der Waals surface area contributed by atoms with Crippen molar-refractivity contribution in [2.24, 2.45) is 0 Å². The number of nitrogens with one attached hydrogen (secondary N) is 1. The zero-order valence-electron chi connectivity index (χ0n) is 7.53. The van der Waals surface area contributed by atoms with E-state index in [0.29, 0.717) is 6.61 Å². The molecule has 0 spiro atoms. The lowest BCUT2D eigenvalue weighted by Crippen LogP contribution is -2.00. The van der Waals surface area contributed by atoms with Gasteiger partial charge in [0.2, 0.25) is 0 Å². The second-order valence-corrected chi connectivity index (χ2v) is 2.62. The van der Waals surface area contributed by atoms with E-state index >= 15 is 0 Å². The standard InChI is InChI=1S/C10H13NO2/c1-9(12)7-8-13-11-10-5-3-2-4-6-10/h2-7,11-12H,8H2,1H3/b9-7-. The third kappa shape index (κ3) is 4.18. The smallest absolute Gasteiger partial charge is 0.0962 e. The van der Waals surface area contributed by atoms with Crippen LogP contribution in [0.3, 0.4) is 0 Å². The molecule has 0 amide bonds. The van der Waals surface area contributed by atoms with Gasteiger partial charge in [-0.1, -0.05) is 18.2 Å². The summed E-state index contributed by atoms with van der Waals surface area (Å²) in [5, 5.41) is 8.80. The minimum absolute atomic E-state index is 0.259. The van der Waals surface area contributed by atoms with Gasteiger partial charge in [-0.2, -0.15) is 0 Å². The molecule has 0 heterocycles. The maximum Gasteiger partial charge on any atom is 0.0962 e. The predicted octanol–water partition coefficient (Wildman–Crippen LogP) is 2.49. The lowest BCUT2D eigenvalue weighted by Gasteiger charge is -2.03. The molecule has 1 aromatic rings. The van der Waals surface area contributed by atoms with E-state index in [-0.39, 0.29) is 5.76 Å². The Labute approximate surface area is 77.6 Å². The molecule has 0 radical (unpaired) electrons. The summed E-state index contributed by atoms with van der Waals surface area (Å²) < 4.78 is 0. The average molecular weight is 179 g/mol. The number of hydrogen-bond acceptors (Lipinski definition) is 3. The third-order valence-corrected chi connectivity index (χ3v) is 1.43. The molecule has 1 rings (SSSR count). The van der Waals surface area contributed by atoms with Gasteiger partial charge in [-0.15, -0.1) is 0 Å². The zero-order valence-corrected chi connectivity index (χ0v) is 7.53. The molecule has 0 atom stereocenters. The number of anilines is 1. The highest BCUT2D eigenvalue weighted by Gasteiger charge is 1.87. The normalized spacial score (nSPS) is 11.3. The van der Waals surface area contributed by atoms with Crippen LogP contribution in [0.2, 0.25) is 0 Å². The molecule has 2 N–H and O–H groups in total. The fourth-order valence-corrected chi connectivity index (χ4v) is 0.793. The molecule has 0 saturated heterocycles. The monoisotopic (exact) mass is 179 g/mol. The summed E-state index contributed by atoms with van der Waals surface area (Å²) in [6, 6.07) is 9.56. The highest BCUT2D eigenvalue weighted by atomic mass is 16.6. The molecule has 0 bridgehead atoms. The van der Waals surface area contributed by atoms with E-state index in [9.17, 15) is 0 Å². The maximum absolute atomic E-state index is 8.80. The van der Waals surface area contributed by atoms with Gasteiger partial charge < -0.3 is 5.11 Å². The Balaban J connectivity index is 2.25. The molecule has 3 heteroatoms. The molecule has 0 aliphatic heterocycles. The lowest BCUT2D eigenvalue weighted by atomic mass is 10.3. The zero-order chi connectivity index (χ0) is 9.52. The highest BCUT2D eigenvalue weighted by Crippen LogP contribution is 2.04. The summed E-state index contributed by atoms with van der Waals surface area (Å²) in [6.07, 6.45) is 1.58. The first-order valence-corrected chi connectivity index (χ1v) is 4.07. The number of para-hydroxylation sites is 1. The Morgan fingerprint density at radius 1 is 1.46 bits per heavy atom. The molecule has 0 fully saturated rings. The minimum atomic E-state index is 0.259. The molecular formula is C10H13NO2. The van der Waals surface area contributed by atoms with Gasteiger partial charge in [-0.3, -0.25) is 10.3 Å². The quantitative estimate of drug-likeness (QED) is 0.424. The SMILES string of the molecule is C/C(O)=C/CONc1ccccc1. The van der Waals surface area contributed by atoms with Crippen LogP contribution in [0.1, 0.15) is 6.92 Å². The van der Waals surface area contributed by atoms with E-state index in [1.807, 2.05) is 30.3 Å². The van der Waals surface area contributed by atoms with Crippen LogP contribution in [0, 0.1) is 0 Å². The number of aliphatic hydroxyl groups is 1. The van der Waals surface area contributed by atoms with Crippen LogP contribution in [0.25, 0.3) is 0 Å². The van der Waals surface area contributed by atoms with E-state index in [1.54, 1.807) is 13.0 Å². The molecule has 13 heavy (non-hydrogen) atoms. The number of allylic oxidation sites excluding steroid dienone is 1. The van der Waals surface area contributed by atoms with Crippen molar-refractivity contribution in [1.29, 1.82) is 0 Å². The molecule has 3 nitrogen and oxygen atoms in total. The number of benzene rings is 1. The van der Waals surface area contributed by atoms with Crippen molar-refractivity contribution in [2.45, 2.75) is 6.92 Å². The van der Waals surface area contributed by atoms with E-state index < -0.39 is 0 Å². The third-order valence-electron chi connectivity index (χ3n) is 1.43. The van der Waals surface area contributed by atoms with Gasteiger partial charge in [0.05, 0.1) is 18.1 Å². The van der Waals surface area contributed by atoms with Crippen molar-refractivity contribution < 1.29 is 9.94 Å². The van der Waals surface area contributed by atoms with Gasteiger partial charge >= 0.3 is 0 Å². The molecule has 0 unspecified atom stereocenters. The summed E-state index contributed by atoms with van der Waals surface area (Å²) in [4.78, 5) is 5.04. The second-order valence-electron chi connectivity index (χ2n) is 2.62. The fraction of sp³-hybridized carbons (Fsp3) is 0.200. The van der Waals surface area contributed by atoms with Crippen LogP contribution in [-0.4, -0.2) is 11.7 Å². The van der Waals surface area contributed by atoms with Crippen LogP contribution in [0.15, 0.2) is 42.2 Å². The Morgan fingerprint density at radius 3 is 2.77 bits per heavy atom. The lowest BCUT2D eigenvalue weighted by molar-refractivity contribution is 0.224. The van der Waals surface area contributed by atoms with E-state index in [1.165, 1.54) is 0 Å². The molecule has 70 valence electrons. The maximum atomic E-state index is 8.80. The second kappa shape index (κ2) is 5.22. The van der Waals surface area contributed by atoms with Gasteiger partial charge in [0, 0.05) is 0 Å². The van der Waals surface area contributed by atoms with Gasteiger partial charge in [0.1, 0.15) is 0 Å². The predicted molar refractivity (Wildman–Crippen MR) is 52.4 cm³/mol. The van der Waals surface area contributed by atoms with E-state index in [2.05, 4.69) is 5.48 Å². The average Bonchev–Trinajstić information content (AvgIpc) is 2.14. The summed E-state index contributed by atoms with van der Waals surface area (Å²) in [5.74, 6) is 0.259. The number of rotatable bonds is 4. The van der Waals surface area contributed by atoms with Crippen molar-refractivity contribution in [3.8, 4) is 0 Å². The molecular weight excluding hydrogens is 166 g/mol. The topological polar surface area (TPSA) is 41.5 Å². The minimum Gasteiger partial charge on any atom is -0.513 e. The fourth-order valence-electron chi connectivity index (χ4n) is 0.793. The van der Waals surface area contributed by atoms with E-state index in [0.717, 1.165) is 5.69 Å². The largest absolute Gasteiger partial charge is 0.513 e. The first-order chi connectivity index (χ1) is 6.29. The Hall–Kier alpha value is -1.48. The first kappa shape index (κ1) is 9.61. The van der Waals surface area contributed by atoms with Gasteiger partial charge in [-0.25, -0.2) is 0 Å². The Kier molecular flexibility index (Phi) is 3.85. The van der Waals surface area contributed by atoms with Crippen molar-refractivity contribution in [2.75, 3.05) is 12.1 Å². The number of aliphatic hydroxyl groups excluding tert-OH is 1. The van der Waals surface area contributed by atoms with Crippen LogP contribution < -0.4 is 5.48 Å². The van der Waals surface area contributed by atoms with Gasteiger partial charge in [0.25, 0.3) is 0 Å². The van der Waals surface area contributed by atoms with E-state index in [4.69, 9.17) is 9.94 Å². The molecule has 1 aromatic carbocycles. The molecule has 0 aliphatic rings. The summed E-state index contributed by atoms with van der Waals surface area (Å²) >= 11 is 0. The van der Waals surface area contributed by atoms with Crippen LogP contribution >= 0.6 is 0 Å². The van der Waals surface area contributed by atoms with Crippen LogP contribution in [0.5, 0.6) is 0 Å². The number of hydrogen-bond donors (Lipinski definition) is 2. The summed E-state index contributed by atoms with van der Waals surface area (Å²) in [5.41, 5.74) is 3.64. The molecule has 0 aliphatic carbocycles. The van der Waals surface area contributed by atoms with Crippen molar-refractivity contribution >= 4 is 5.69 Å². The van der Waals surface area contributed by atoms with Crippen LogP contribution in [0.4, 0.5) is 5.69 Å². The first-order valence-electron chi connectivity index (χ1n) is 4.07. The Morgan fingerprint density at radius 2 is 2.15 bits per heavy atom. The van der Waals surface area contributed by atoms with Crippen molar-refractivity contribution in [3.63, 3.8) is 0 Å². The van der Waals surface area contributed by atoms with Gasteiger partial charge in [0.15, 0.2) is 0 Å². The highest BCUT2D eigenvalue weighted by molar-refractivity contribution is 5.39. The van der Waals surface area contributed by atoms with Gasteiger partial charge in [-0.05, 0) is 25.1 Å². The molecule has 0 saturated carbocycles. The Bertz CT molecular complexity index is 266. The molecule has 0 aromatic heterocycles. The van der Waals surface area contributed by atoms with Crippen LogP contribution in [-0.2, 0) is 4.84 Å². The summed E-state index contributed by atoms with van der Waals surface area (Å²) in [7, 11) is 0. The van der Waals surface area contributed by atoms with Crippen molar-refractivity contribution in [3.05, 3.63) is 42.2 Å². The summed E-state index contributed by atoms with van der Waals surface area (Å²) in [6.45, 7) is 1.95.